The second kappa shape index (κ2) is 8.08. The predicted molar refractivity (Wildman–Crippen MR) is 114 cm³/mol. The summed E-state index contributed by atoms with van der Waals surface area (Å²) in [5.41, 5.74) is -0.362. The van der Waals surface area contributed by atoms with E-state index in [1.54, 1.807) is 75.4 Å². The molecule has 3 rings (SSSR count). The molecule has 1 aliphatic heterocycles. The van der Waals surface area contributed by atoms with Crippen molar-refractivity contribution in [2.75, 3.05) is 13.2 Å². The number of amides is 1. The normalized spacial score (nSPS) is 16.3. The third-order valence-corrected chi connectivity index (χ3v) is 6.66. The van der Waals surface area contributed by atoms with Gasteiger partial charge < -0.3 is 10.1 Å². The van der Waals surface area contributed by atoms with E-state index in [0.29, 0.717) is 16.3 Å². The first kappa shape index (κ1) is 21.2. The standard InChI is InChI=1S/C21H23ClN2O4S/c1-21(2,3)24-20(25)18(19(29(24,26)27)15-7-5-4-6-8-15)23-13-14-28-17-11-9-16(22)10-12-17/h4-12,23H,13-14H2,1-3H3. The lowest BCUT2D eigenvalue weighted by Crippen LogP contribution is -2.46. The van der Waals surface area contributed by atoms with Crippen LogP contribution in [0.4, 0.5) is 0 Å². The zero-order valence-corrected chi connectivity index (χ0v) is 18.0. The summed E-state index contributed by atoms with van der Waals surface area (Å²) in [6, 6.07) is 15.5. The van der Waals surface area contributed by atoms with E-state index in [4.69, 9.17) is 16.3 Å². The first-order chi connectivity index (χ1) is 13.6. The summed E-state index contributed by atoms with van der Waals surface area (Å²) in [5.74, 6) is 0.0676. The lowest BCUT2D eigenvalue weighted by molar-refractivity contribution is -0.125. The van der Waals surface area contributed by atoms with Gasteiger partial charge in [-0.25, -0.2) is 12.7 Å². The Bertz CT molecular complexity index is 1030. The summed E-state index contributed by atoms with van der Waals surface area (Å²) in [7, 11) is -3.99. The average Bonchev–Trinajstić information content (AvgIpc) is 2.85. The molecule has 0 saturated heterocycles. The smallest absolute Gasteiger partial charge is 0.285 e. The molecular formula is C21H23ClN2O4S. The zero-order chi connectivity index (χ0) is 21.2. The molecule has 0 spiro atoms. The van der Waals surface area contributed by atoms with E-state index in [2.05, 4.69) is 5.32 Å². The summed E-state index contributed by atoms with van der Waals surface area (Å²) in [5, 5.41) is 3.59. The molecule has 0 bridgehead atoms. The molecule has 1 N–H and O–H groups in total. The van der Waals surface area contributed by atoms with Crippen molar-refractivity contribution in [2.24, 2.45) is 0 Å². The van der Waals surface area contributed by atoms with Crippen LogP contribution in [0.2, 0.25) is 5.02 Å². The molecule has 6 nitrogen and oxygen atoms in total. The van der Waals surface area contributed by atoms with Crippen molar-refractivity contribution in [1.29, 1.82) is 0 Å². The lowest BCUT2D eigenvalue weighted by atomic mass is 10.1. The number of carbonyl (C=O) groups excluding carboxylic acids is 1. The number of sulfonamides is 1. The molecule has 1 heterocycles. The van der Waals surface area contributed by atoms with Gasteiger partial charge in [-0.3, -0.25) is 4.79 Å². The summed E-state index contributed by atoms with van der Waals surface area (Å²) < 4.78 is 33.0. The third-order valence-electron chi connectivity index (χ3n) is 4.26. The lowest BCUT2D eigenvalue weighted by Gasteiger charge is -2.30. The second-order valence-electron chi connectivity index (χ2n) is 7.54. The van der Waals surface area contributed by atoms with Crippen molar-refractivity contribution in [3.8, 4) is 5.75 Å². The highest BCUT2D eigenvalue weighted by atomic mass is 35.5. The molecule has 2 aromatic carbocycles. The van der Waals surface area contributed by atoms with Crippen LogP contribution in [-0.2, 0) is 14.8 Å². The molecule has 0 fully saturated rings. The Hall–Kier alpha value is -2.51. The van der Waals surface area contributed by atoms with E-state index in [1.165, 1.54) is 0 Å². The van der Waals surface area contributed by atoms with Gasteiger partial charge in [-0.15, -0.1) is 0 Å². The average molecular weight is 435 g/mol. The van der Waals surface area contributed by atoms with Crippen LogP contribution >= 0.6 is 11.6 Å². The predicted octanol–water partition coefficient (Wildman–Crippen LogP) is 3.65. The van der Waals surface area contributed by atoms with Crippen LogP contribution < -0.4 is 10.1 Å². The first-order valence-corrected chi connectivity index (χ1v) is 11.0. The summed E-state index contributed by atoms with van der Waals surface area (Å²) in [6.45, 7) is 5.58. The van der Waals surface area contributed by atoms with Crippen LogP contribution in [0, 0.1) is 0 Å². The quantitative estimate of drug-likeness (QED) is 0.702. The number of benzene rings is 2. The molecule has 8 heteroatoms. The van der Waals surface area contributed by atoms with Crippen LogP contribution in [0.5, 0.6) is 5.75 Å². The van der Waals surface area contributed by atoms with Gasteiger partial charge in [0.05, 0.1) is 5.54 Å². The fourth-order valence-corrected chi connectivity index (χ4v) is 5.30. The van der Waals surface area contributed by atoms with E-state index in [9.17, 15) is 13.2 Å². The number of halogens is 1. The van der Waals surface area contributed by atoms with Crippen LogP contribution in [-0.4, -0.2) is 37.3 Å². The van der Waals surface area contributed by atoms with Gasteiger partial charge in [0.15, 0.2) is 0 Å². The van der Waals surface area contributed by atoms with Crippen molar-refractivity contribution in [3.63, 3.8) is 0 Å². The number of ether oxygens (including phenoxy) is 1. The fraction of sp³-hybridized carbons (Fsp3) is 0.286. The largest absolute Gasteiger partial charge is 0.492 e. The van der Waals surface area contributed by atoms with Gasteiger partial charge in [0.1, 0.15) is 23.0 Å². The van der Waals surface area contributed by atoms with Crippen molar-refractivity contribution in [3.05, 3.63) is 70.9 Å². The Labute approximate surface area is 176 Å². The van der Waals surface area contributed by atoms with Crippen LogP contribution in [0.3, 0.4) is 0 Å². The number of nitrogens with one attached hydrogen (secondary N) is 1. The van der Waals surface area contributed by atoms with Crippen molar-refractivity contribution in [2.45, 2.75) is 26.3 Å². The Kier molecular flexibility index (Phi) is 5.91. The number of carbonyl (C=O) groups is 1. The van der Waals surface area contributed by atoms with Gasteiger partial charge >= 0.3 is 0 Å². The molecule has 2 aromatic rings. The molecule has 0 aromatic heterocycles. The maximum atomic E-state index is 13.2. The molecule has 1 aliphatic rings. The van der Waals surface area contributed by atoms with E-state index >= 15 is 0 Å². The highest BCUT2D eigenvalue weighted by Gasteiger charge is 2.49. The maximum absolute atomic E-state index is 13.2. The minimum Gasteiger partial charge on any atom is -0.492 e. The van der Waals surface area contributed by atoms with E-state index in [1.807, 2.05) is 0 Å². The molecule has 29 heavy (non-hydrogen) atoms. The van der Waals surface area contributed by atoms with Crippen LogP contribution in [0.1, 0.15) is 26.3 Å². The molecule has 1 amide bonds. The minimum atomic E-state index is -3.99. The van der Waals surface area contributed by atoms with Gasteiger partial charge in [0.2, 0.25) is 0 Å². The van der Waals surface area contributed by atoms with E-state index < -0.39 is 21.5 Å². The molecule has 154 valence electrons. The van der Waals surface area contributed by atoms with Crippen molar-refractivity contribution < 1.29 is 17.9 Å². The monoisotopic (exact) mass is 434 g/mol. The molecule has 0 saturated carbocycles. The second-order valence-corrected chi connectivity index (χ2v) is 9.70. The molecule has 0 aliphatic carbocycles. The molecule has 0 unspecified atom stereocenters. The fourth-order valence-electron chi connectivity index (χ4n) is 3.11. The van der Waals surface area contributed by atoms with Crippen molar-refractivity contribution in [1.82, 2.24) is 9.62 Å². The minimum absolute atomic E-state index is 0.00971. The Morgan fingerprint density at radius 1 is 1.03 bits per heavy atom. The molecule has 0 atom stereocenters. The number of rotatable bonds is 6. The highest BCUT2D eigenvalue weighted by molar-refractivity contribution is 7.99. The first-order valence-electron chi connectivity index (χ1n) is 9.14. The molecular weight excluding hydrogens is 412 g/mol. The highest BCUT2D eigenvalue weighted by Crippen LogP contribution is 2.38. The van der Waals surface area contributed by atoms with Gasteiger partial charge in [0.25, 0.3) is 15.9 Å². The van der Waals surface area contributed by atoms with Gasteiger partial charge in [0, 0.05) is 11.6 Å². The zero-order valence-electron chi connectivity index (χ0n) is 16.5. The van der Waals surface area contributed by atoms with Gasteiger partial charge in [-0.1, -0.05) is 41.9 Å². The summed E-state index contributed by atoms with van der Waals surface area (Å²) in [6.07, 6.45) is 0. The van der Waals surface area contributed by atoms with Crippen molar-refractivity contribution >= 4 is 32.4 Å². The summed E-state index contributed by atoms with van der Waals surface area (Å²) >= 11 is 5.85. The van der Waals surface area contributed by atoms with E-state index in [0.717, 1.165) is 4.31 Å². The third kappa shape index (κ3) is 4.41. The Balaban J connectivity index is 1.85. The maximum Gasteiger partial charge on any atom is 0.285 e. The number of nitrogens with zero attached hydrogens (tertiary/aromatic N) is 1. The SMILES string of the molecule is CC(C)(C)N1C(=O)C(NCCOc2ccc(Cl)cc2)=C(c2ccccc2)S1(=O)=O. The Morgan fingerprint density at radius 2 is 1.66 bits per heavy atom. The Morgan fingerprint density at radius 3 is 2.24 bits per heavy atom. The topological polar surface area (TPSA) is 75.7 Å². The molecule has 0 radical (unpaired) electrons. The van der Waals surface area contributed by atoms with Crippen LogP contribution in [0.25, 0.3) is 4.91 Å². The number of hydrogen-bond acceptors (Lipinski definition) is 5. The number of hydrogen-bond donors (Lipinski definition) is 1. The summed E-state index contributed by atoms with van der Waals surface area (Å²) in [4.78, 5) is 13.0. The van der Waals surface area contributed by atoms with Crippen LogP contribution in [0.15, 0.2) is 60.3 Å². The van der Waals surface area contributed by atoms with E-state index in [-0.39, 0.29) is 23.8 Å². The van der Waals surface area contributed by atoms with Gasteiger partial charge in [-0.2, -0.15) is 0 Å². The van der Waals surface area contributed by atoms with Gasteiger partial charge in [-0.05, 0) is 50.6 Å².